The van der Waals surface area contributed by atoms with Gasteiger partial charge in [0, 0.05) is 0 Å². The first-order valence-corrected chi connectivity index (χ1v) is 24.1. The summed E-state index contributed by atoms with van der Waals surface area (Å²) in [6, 6.07) is 63.4. The Morgan fingerprint density at radius 3 is 0.721 bits per heavy atom. The van der Waals surface area contributed by atoms with Crippen LogP contribution in [0.2, 0.25) is 0 Å². The molecule has 0 aliphatic rings. The first-order chi connectivity index (χ1) is 21.0. The minimum atomic E-state index is -3.40. The third-order valence-electron chi connectivity index (χ3n) is 7.81. The molecular weight excluding hydrogens is 711 g/mol. The van der Waals surface area contributed by atoms with Gasteiger partial charge in [-0.05, 0) is 0 Å². The molecule has 0 radical (unpaired) electrons. The molecule has 0 aliphatic carbocycles. The van der Waals surface area contributed by atoms with Gasteiger partial charge in [-0.3, -0.25) is 0 Å². The maximum atomic E-state index is 16.9. The van der Waals surface area contributed by atoms with Crippen molar-refractivity contribution in [1.29, 1.82) is 0 Å². The van der Waals surface area contributed by atoms with E-state index in [9.17, 15) is 0 Å². The van der Waals surface area contributed by atoms with E-state index in [0.29, 0.717) is 0 Å². The molecule has 0 fully saturated rings. The first kappa shape index (κ1) is 30.5. The van der Waals surface area contributed by atoms with E-state index in [-0.39, 0.29) is 5.14 Å². The zero-order valence-corrected chi connectivity index (χ0v) is 29.6. The molecule has 0 aliphatic heterocycles. The summed E-state index contributed by atoms with van der Waals surface area (Å²) in [5.74, 6) is 0. The standard InChI is InChI=1S/C37H31OP3Se2/c38-39(31-19-7-1-8-20-31,32-21-9-2-10-22-32)37(40(42,33-23-11-3-12-24-33)34-25-13-4-14-26-34)41(43,35-27-15-5-16-28-35)36-29-17-6-18-30-36/h1-30,37H. The zero-order valence-electron chi connectivity index (χ0n) is 23.5. The molecule has 43 heavy (non-hydrogen) atoms. The second kappa shape index (κ2) is 13.2. The molecule has 0 saturated heterocycles. The van der Waals surface area contributed by atoms with Crippen molar-refractivity contribution < 1.29 is 4.57 Å². The van der Waals surface area contributed by atoms with Gasteiger partial charge in [-0.2, -0.15) is 0 Å². The van der Waals surface area contributed by atoms with Crippen LogP contribution in [-0.4, -0.2) is 35.3 Å². The van der Waals surface area contributed by atoms with E-state index in [1.54, 1.807) is 0 Å². The third-order valence-corrected chi connectivity index (χ3v) is 34.4. The summed E-state index contributed by atoms with van der Waals surface area (Å²) >= 11 is 7.72. The van der Waals surface area contributed by atoms with Gasteiger partial charge in [-0.1, -0.05) is 0 Å². The summed E-state index contributed by atoms with van der Waals surface area (Å²) in [5, 5.41) is 6.24. The van der Waals surface area contributed by atoms with Crippen molar-refractivity contribution in [2.45, 2.75) is 5.14 Å². The van der Waals surface area contributed by atoms with E-state index < -0.39 is 18.2 Å². The summed E-state index contributed by atoms with van der Waals surface area (Å²) in [6.45, 7) is 0. The zero-order chi connectivity index (χ0) is 29.8. The van der Waals surface area contributed by atoms with Gasteiger partial charge in [0.2, 0.25) is 0 Å². The van der Waals surface area contributed by atoms with Gasteiger partial charge in [-0.25, -0.2) is 0 Å². The predicted molar refractivity (Wildman–Crippen MR) is 193 cm³/mol. The van der Waals surface area contributed by atoms with Crippen molar-refractivity contribution in [2.75, 3.05) is 0 Å². The Morgan fingerprint density at radius 2 is 0.512 bits per heavy atom. The van der Waals surface area contributed by atoms with E-state index in [4.69, 9.17) is 0 Å². The van der Waals surface area contributed by atoms with Gasteiger partial charge in [0.25, 0.3) is 0 Å². The van der Waals surface area contributed by atoms with Crippen LogP contribution in [0.4, 0.5) is 0 Å². The Balaban J connectivity index is 1.86. The molecule has 0 N–H and O–H groups in total. The Bertz CT molecular complexity index is 1570. The SMILES string of the molecule is O=P(c1ccccc1)(c1ccccc1)C(P(=[Se])(c1ccccc1)c1ccccc1)P(=[Se])(c1ccccc1)c1ccccc1. The van der Waals surface area contributed by atoms with Crippen molar-refractivity contribution >= 4 is 80.2 Å². The normalized spacial score (nSPS) is 12.2. The van der Waals surface area contributed by atoms with Gasteiger partial charge in [0.05, 0.1) is 0 Å². The Kier molecular flexibility index (Phi) is 9.36. The molecule has 0 unspecified atom stereocenters. The molecule has 0 saturated carbocycles. The van der Waals surface area contributed by atoms with Crippen LogP contribution < -0.4 is 31.8 Å². The second-order valence-electron chi connectivity index (χ2n) is 10.3. The van der Waals surface area contributed by atoms with Crippen molar-refractivity contribution in [3.8, 4) is 0 Å². The molecule has 0 aromatic heterocycles. The summed E-state index contributed by atoms with van der Waals surface area (Å²) in [5.41, 5.74) is -5.12. The number of hydrogen-bond acceptors (Lipinski definition) is 1. The van der Waals surface area contributed by atoms with Gasteiger partial charge in [0.1, 0.15) is 0 Å². The van der Waals surface area contributed by atoms with Crippen molar-refractivity contribution in [3.05, 3.63) is 182 Å². The van der Waals surface area contributed by atoms with Gasteiger partial charge < -0.3 is 0 Å². The molecule has 6 rings (SSSR count). The Morgan fingerprint density at radius 1 is 0.326 bits per heavy atom. The average molecular weight is 742 g/mol. The molecule has 0 heterocycles. The van der Waals surface area contributed by atoms with E-state index in [1.807, 2.05) is 36.4 Å². The predicted octanol–water partition coefficient (Wildman–Crippen LogP) is 6.79. The maximum absolute atomic E-state index is 16.9. The van der Waals surface area contributed by atoms with Gasteiger partial charge in [0.15, 0.2) is 0 Å². The van der Waals surface area contributed by atoms with E-state index in [2.05, 4.69) is 176 Å². The van der Waals surface area contributed by atoms with Crippen LogP contribution >= 0.6 is 18.2 Å². The van der Waals surface area contributed by atoms with E-state index >= 15 is 4.57 Å². The summed E-state index contributed by atoms with van der Waals surface area (Å²) in [6.07, 6.45) is 0. The Hall–Kier alpha value is -2.55. The van der Waals surface area contributed by atoms with Crippen molar-refractivity contribution in [3.63, 3.8) is 0 Å². The van der Waals surface area contributed by atoms with Crippen LogP contribution in [0.15, 0.2) is 182 Å². The topological polar surface area (TPSA) is 17.1 Å². The van der Waals surface area contributed by atoms with Gasteiger partial charge >= 0.3 is 272 Å². The van der Waals surface area contributed by atoms with E-state index in [1.165, 1.54) is 21.2 Å². The monoisotopic (exact) mass is 744 g/mol. The molecule has 212 valence electrons. The molecule has 0 spiro atoms. The first-order valence-electron chi connectivity index (χ1n) is 14.1. The molecule has 0 amide bonds. The number of rotatable bonds is 9. The minimum absolute atomic E-state index is 0.313. The average Bonchev–Trinajstić information content (AvgIpc) is 3.10. The molecule has 6 heteroatoms. The molecule has 6 aromatic rings. The number of hydrogen-bond donors (Lipinski definition) is 0. The second-order valence-corrected chi connectivity index (χ2v) is 27.4. The molecule has 6 aromatic carbocycles. The fraction of sp³-hybridized carbons (Fsp3) is 0.0270. The molecular formula is C37H31OP3Se2. The van der Waals surface area contributed by atoms with Crippen LogP contribution in [0, 0.1) is 0 Å². The van der Waals surface area contributed by atoms with Crippen LogP contribution in [0.1, 0.15) is 0 Å². The van der Waals surface area contributed by atoms with Crippen LogP contribution in [-0.2, 0) is 4.57 Å². The molecule has 0 atom stereocenters. The van der Waals surface area contributed by atoms with Gasteiger partial charge in [-0.15, -0.1) is 0 Å². The van der Waals surface area contributed by atoms with Crippen LogP contribution in [0.5, 0.6) is 0 Å². The van der Waals surface area contributed by atoms with Crippen LogP contribution in [0.25, 0.3) is 0 Å². The third kappa shape index (κ3) is 5.59. The summed E-state index contributed by atoms with van der Waals surface area (Å²) < 4.78 is 16.9. The van der Waals surface area contributed by atoms with Crippen molar-refractivity contribution in [1.82, 2.24) is 0 Å². The number of benzene rings is 6. The fourth-order valence-electron chi connectivity index (χ4n) is 5.83. The van der Waals surface area contributed by atoms with Crippen molar-refractivity contribution in [2.24, 2.45) is 0 Å². The van der Waals surface area contributed by atoms with E-state index in [0.717, 1.165) is 10.6 Å². The fourth-order valence-corrected chi connectivity index (χ4v) is 38.5. The van der Waals surface area contributed by atoms with Crippen LogP contribution in [0.3, 0.4) is 0 Å². The molecule has 1 nitrogen and oxygen atoms in total. The quantitative estimate of drug-likeness (QED) is 0.118. The summed E-state index contributed by atoms with van der Waals surface area (Å²) in [7, 11) is -3.40. The summed E-state index contributed by atoms with van der Waals surface area (Å²) in [4.78, 5) is 0. The Labute approximate surface area is 270 Å². The molecule has 0 bridgehead atoms.